The number of aliphatic hydroxyl groups excluding tert-OH is 1. The summed E-state index contributed by atoms with van der Waals surface area (Å²) in [7, 11) is -4.33. The SMILES string of the molecule is [C-]#[N+][C@]1(CO[P@@](=O)(N[C@@H](C)C(=O)OC(C)C)Oc2ccccc2)C(=C)[C@@H](n2cnc3c(=O)[nH]c(N)nc32)C[C@@H]1O. The van der Waals surface area contributed by atoms with Crippen molar-refractivity contribution in [2.75, 3.05) is 12.3 Å². The molecule has 0 radical (unpaired) electrons. The summed E-state index contributed by atoms with van der Waals surface area (Å²) in [5.41, 5.74) is 3.80. The molecule has 2 heterocycles. The molecule has 0 spiro atoms. The smallest absolute Gasteiger partial charge is 0.459 e. The normalized spacial score (nSPS) is 23.1. The van der Waals surface area contributed by atoms with E-state index in [9.17, 15) is 19.3 Å². The molecule has 0 unspecified atom stereocenters. The number of nitrogens with one attached hydrogen (secondary N) is 2. The number of nitrogens with zero attached hydrogens (tertiary/aromatic N) is 4. The maximum absolute atomic E-state index is 13.9. The number of aliphatic hydroxyl groups is 1. The highest BCUT2D eigenvalue weighted by molar-refractivity contribution is 7.52. The van der Waals surface area contributed by atoms with Gasteiger partial charge in [-0.25, -0.2) is 16.1 Å². The zero-order valence-corrected chi connectivity index (χ0v) is 23.0. The number of carbonyl (C=O) groups excluding carboxylic acids is 1. The maximum atomic E-state index is 13.9. The molecule has 212 valence electrons. The average molecular weight is 572 g/mol. The number of carbonyl (C=O) groups is 1. The molecule has 3 aromatic rings. The average Bonchev–Trinajstić information content (AvgIpc) is 3.41. The van der Waals surface area contributed by atoms with E-state index < -0.39 is 55.7 Å². The first kappa shape index (κ1) is 29.0. The van der Waals surface area contributed by atoms with E-state index in [2.05, 4.69) is 31.5 Å². The van der Waals surface area contributed by atoms with Crippen LogP contribution < -0.4 is 20.9 Å². The van der Waals surface area contributed by atoms with Gasteiger partial charge in [0.1, 0.15) is 24.5 Å². The van der Waals surface area contributed by atoms with Crippen molar-refractivity contribution in [2.45, 2.75) is 57.0 Å². The van der Waals surface area contributed by atoms with Crippen LogP contribution in [0, 0.1) is 6.57 Å². The number of H-pyrrole nitrogens is 1. The van der Waals surface area contributed by atoms with E-state index in [1.54, 1.807) is 44.2 Å². The first-order chi connectivity index (χ1) is 18.9. The number of nitrogens with two attached hydrogens (primary N) is 1. The van der Waals surface area contributed by atoms with Gasteiger partial charge in [0.2, 0.25) is 5.95 Å². The van der Waals surface area contributed by atoms with Crippen LogP contribution in [0.1, 0.15) is 33.2 Å². The van der Waals surface area contributed by atoms with Crippen LogP contribution in [0.25, 0.3) is 16.0 Å². The van der Waals surface area contributed by atoms with Crippen LogP contribution in [0.15, 0.2) is 53.6 Å². The molecule has 2 aromatic heterocycles. The molecule has 5 atom stereocenters. The van der Waals surface area contributed by atoms with Crippen LogP contribution in [0.5, 0.6) is 5.75 Å². The fourth-order valence-electron chi connectivity index (χ4n) is 4.39. The zero-order valence-electron chi connectivity index (χ0n) is 22.1. The summed E-state index contributed by atoms with van der Waals surface area (Å²) >= 11 is 0. The number of nitrogen functional groups attached to an aromatic ring is 1. The van der Waals surface area contributed by atoms with Gasteiger partial charge in [-0.15, -0.1) is 0 Å². The Kier molecular flexibility index (Phi) is 8.13. The van der Waals surface area contributed by atoms with Crippen molar-refractivity contribution in [3.05, 3.63) is 70.6 Å². The summed E-state index contributed by atoms with van der Waals surface area (Å²) in [6, 6.07) is 6.33. The van der Waals surface area contributed by atoms with E-state index in [0.717, 1.165) is 0 Å². The van der Waals surface area contributed by atoms with Crippen LogP contribution in [-0.4, -0.2) is 61.0 Å². The van der Waals surface area contributed by atoms with Crippen LogP contribution >= 0.6 is 7.75 Å². The highest BCUT2D eigenvalue weighted by Crippen LogP contribution is 2.51. The lowest BCUT2D eigenvalue weighted by Gasteiger charge is -2.27. The van der Waals surface area contributed by atoms with Crippen molar-refractivity contribution < 1.29 is 28.3 Å². The molecular formula is C25H30N7O7P. The Bertz CT molecular complexity index is 1560. The van der Waals surface area contributed by atoms with Gasteiger partial charge >= 0.3 is 19.3 Å². The predicted molar refractivity (Wildman–Crippen MR) is 145 cm³/mol. The molecular weight excluding hydrogens is 541 g/mol. The highest BCUT2D eigenvalue weighted by Gasteiger charge is 2.59. The van der Waals surface area contributed by atoms with Gasteiger partial charge in [-0.3, -0.25) is 23.9 Å². The molecule has 1 saturated carbocycles. The van der Waals surface area contributed by atoms with Gasteiger partial charge in [0, 0.05) is 12.0 Å². The van der Waals surface area contributed by atoms with Gasteiger partial charge in [-0.05, 0) is 32.9 Å². The second kappa shape index (κ2) is 11.2. The van der Waals surface area contributed by atoms with Gasteiger partial charge in [-0.2, -0.15) is 10.1 Å². The number of imidazole rings is 1. The van der Waals surface area contributed by atoms with Gasteiger partial charge in [0.15, 0.2) is 11.2 Å². The third kappa shape index (κ3) is 5.64. The van der Waals surface area contributed by atoms with E-state index in [4.69, 9.17) is 26.1 Å². The van der Waals surface area contributed by atoms with Crippen molar-refractivity contribution in [3.8, 4) is 5.75 Å². The zero-order chi connectivity index (χ0) is 29.2. The summed E-state index contributed by atoms with van der Waals surface area (Å²) in [5.74, 6) is -0.630. The maximum Gasteiger partial charge on any atom is 0.459 e. The molecule has 40 heavy (non-hydrogen) atoms. The van der Waals surface area contributed by atoms with E-state index in [-0.39, 0.29) is 34.9 Å². The number of hydrogen-bond donors (Lipinski definition) is 4. The number of rotatable bonds is 10. The quantitative estimate of drug-likeness (QED) is 0.121. The lowest BCUT2D eigenvalue weighted by atomic mass is 9.93. The predicted octanol–water partition coefficient (Wildman–Crippen LogP) is 2.36. The Balaban J connectivity index is 1.62. The Morgan fingerprint density at radius 2 is 2.10 bits per heavy atom. The molecule has 5 N–H and O–H groups in total. The fraction of sp³-hybridized carbons (Fsp3) is 0.400. The Morgan fingerprint density at radius 1 is 1.40 bits per heavy atom. The molecule has 1 aromatic carbocycles. The van der Waals surface area contributed by atoms with Crippen LogP contribution in [0.2, 0.25) is 0 Å². The number of esters is 1. The Hall–Kier alpha value is -4.02. The van der Waals surface area contributed by atoms with Crippen LogP contribution in [0.3, 0.4) is 0 Å². The number of benzene rings is 1. The lowest BCUT2D eigenvalue weighted by Crippen LogP contribution is -2.42. The van der Waals surface area contributed by atoms with E-state index in [1.807, 2.05) is 0 Å². The molecule has 0 aliphatic heterocycles. The number of aromatic amines is 1. The van der Waals surface area contributed by atoms with Crippen molar-refractivity contribution in [1.29, 1.82) is 0 Å². The lowest BCUT2D eigenvalue weighted by molar-refractivity contribution is -0.149. The van der Waals surface area contributed by atoms with Crippen molar-refractivity contribution >= 4 is 30.8 Å². The molecule has 0 bridgehead atoms. The summed E-state index contributed by atoms with van der Waals surface area (Å²) in [6.45, 7) is 16.2. The van der Waals surface area contributed by atoms with E-state index >= 15 is 0 Å². The number of para-hydroxylation sites is 1. The fourth-order valence-corrected chi connectivity index (χ4v) is 5.91. The van der Waals surface area contributed by atoms with Gasteiger partial charge < -0.3 is 24.7 Å². The molecule has 0 saturated heterocycles. The monoisotopic (exact) mass is 571 g/mol. The van der Waals surface area contributed by atoms with Crippen LogP contribution in [-0.2, 0) is 18.6 Å². The standard InChI is InChI=1S/C25H30N7O7P/c1-14(2)38-23(35)16(4)31-40(36,39-17-9-7-6-8-10-17)37-12-25(27-5)15(3)18(11-19(25)33)32-13-28-20-21(32)29-24(26)30-22(20)34/h6-10,13-14,16,18-19,33H,3,11-12H2,1-2,4H3,(H,31,36)(H3,26,29,30,34)/t16-,18-,19-,25+,40-/m0/s1. The van der Waals surface area contributed by atoms with Gasteiger partial charge in [0.25, 0.3) is 5.56 Å². The number of anilines is 1. The molecule has 0 amide bonds. The van der Waals surface area contributed by atoms with Crippen molar-refractivity contribution in [1.82, 2.24) is 24.6 Å². The number of ether oxygens (including phenoxy) is 1. The minimum atomic E-state index is -4.33. The van der Waals surface area contributed by atoms with Gasteiger partial charge in [-0.1, -0.05) is 24.8 Å². The number of hydrogen-bond acceptors (Lipinski definition) is 10. The third-order valence-electron chi connectivity index (χ3n) is 6.42. The minimum absolute atomic E-state index is 0.00118. The second-order valence-corrected chi connectivity index (χ2v) is 11.3. The largest absolute Gasteiger partial charge is 0.462 e. The summed E-state index contributed by atoms with van der Waals surface area (Å²) in [4.78, 5) is 38.9. The molecule has 1 aliphatic rings. The minimum Gasteiger partial charge on any atom is -0.462 e. The molecule has 4 rings (SSSR count). The molecule has 1 aliphatic carbocycles. The topological polar surface area (TPSA) is 188 Å². The number of aromatic nitrogens is 4. The highest BCUT2D eigenvalue weighted by atomic mass is 31.2. The third-order valence-corrected chi connectivity index (χ3v) is 8.05. The van der Waals surface area contributed by atoms with Gasteiger partial charge in [0.05, 0.1) is 18.5 Å². The Morgan fingerprint density at radius 3 is 2.75 bits per heavy atom. The van der Waals surface area contributed by atoms with E-state index in [0.29, 0.717) is 0 Å². The van der Waals surface area contributed by atoms with Crippen molar-refractivity contribution in [3.63, 3.8) is 0 Å². The van der Waals surface area contributed by atoms with E-state index in [1.165, 1.54) is 17.8 Å². The summed E-state index contributed by atoms with van der Waals surface area (Å²) in [6.07, 6.45) is -0.374. The Labute approximate surface area is 229 Å². The molecule has 14 nitrogen and oxygen atoms in total. The number of fused-ring (bicyclic) bond motifs is 1. The van der Waals surface area contributed by atoms with Crippen LogP contribution in [0.4, 0.5) is 5.95 Å². The first-order valence-electron chi connectivity index (χ1n) is 12.3. The second-order valence-electron chi connectivity index (χ2n) is 9.62. The molecule has 15 heteroatoms. The van der Waals surface area contributed by atoms with Crippen molar-refractivity contribution in [2.24, 2.45) is 0 Å². The first-order valence-corrected chi connectivity index (χ1v) is 13.9. The summed E-state index contributed by atoms with van der Waals surface area (Å²) in [5, 5.41) is 13.7. The molecule has 1 fully saturated rings. The summed E-state index contributed by atoms with van der Waals surface area (Å²) < 4.78 is 32.0.